The summed E-state index contributed by atoms with van der Waals surface area (Å²) >= 11 is 0. The van der Waals surface area contributed by atoms with E-state index in [-0.39, 0.29) is 5.56 Å². The highest BCUT2D eigenvalue weighted by Crippen LogP contribution is 2.32. The van der Waals surface area contributed by atoms with Crippen LogP contribution in [0.4, 0.5) is 10.1 Å². The van der Waals surface area contributed by atoms with Gasteiger partial charge in [0.1, 0.15) is 17.3 Å². The molecule has 1 amide bonds. The Morgan fingerprint density at radius 1 is 1.03 bits per heavy atom. The molecule has 5 nitrogen and oxygen atoms in total. The fraction of sp³-hybridized carbons (Fsp3) is 0.120. The molecule has 0 radical (unpaired) electrons. The SMILES string of the molecule is CCOc1cc(-c2ccc(OC)cc2)nc2ccc(NC(=O)c3ccccc3F)cc12. The molecule has 6 heteroatoms. The lowest BCUT2D eigenvalue weighted by molar-refractivity contribution is 0.102. The zero-order chi connectivity index (χ0) is 21.8. The number of carbonyl (C=O) groups is 1. The van der Waals surface area contributed by atoms with Crippen LogP contribution in [0.5, 0.6) is 11.5 Å². The molecular weight excluding hydrogens is 395 g/mol. The number of amides is 1. The predicted octanol–water partition coefficient (Wildman–Crippen LogP) is 5.70. The quantitative estimate of drug-likeness (QED) is 0.438. The monoisotopic (exact) mass is 416 g/mol. The van der Waals surface area contributed by atoms with Gasteiger partial charge in [-0.15, -0.1) is 0 Å². The van der Waals surface area contributed by atoms with E-state index in [1.807, 2.05) is 43.3 Å². The molecule has 31 heavy (non-hydrogen) atoms. The molecule has 3 aromatic carbocycles. The first kappa shape index (κ1) is 20.3. The van der Waals surface area contributed by atoms with Crippen LogP contribution >= 0.6 is 0 Å². The van der Waals surface area contributed by atoms with Crippen LogP contribution in [0.25, 0.3) is 22.2 Å². The van der Waals surface area contributed by atoms with Crippen LogP contribution < -0.4 is 14.8 Å². The number of fused-ring (bicyclic) bond motifs is 1. The largest absolute Gasteiger partial charge is 0.497 e. The molecule has 0 aliphatic carbocycles. The molecule has 156 valence electrons. The molecule has 0 aliphatic rings. The third-order valence-electron chi connectivity index (χ3n) is 4.83. The minimum atomic E-state index is -0.568. The van der Waals surface area contributed by atoms with Crippen molar-refractivity contribution in [1.82, 2.24) is 4.98 Å². The van der Waals surface area contributed by atoms with Gasteiger partial charge in [-0.3, -0.25) is 4.79 Å². The minimum Gasteiger partial charge on any atom is -0.497 e. The average Bonchev–Trinajstić information content (AvgIpc) is 2.79. The first-order valence-corrected chi connectivity index (χ1v) is 9.87. The van der Waals surface area contributed by atoms with Gasteiger partial charge in [0.05, 0.1) is 30.5 Å². The first-order chi connectivity index (χ1) is 15.1. The number of ether oxygens (including phenoxy) is 2. The van der Waals surface area contributed by atoms with Crippen LogP contribution in [-0.2, 0) is 0 Å². The summed E-state index contributed by atoms with van der Waals surface area (Å²) in [5.74, 6) is 0.338. The number of benzene rings is 3. The normalized spacial score (nSPS) is 10.7. The highest BCUT2D eigenvalue weighted by molar-refractivity contribution is 6.05. The summed E-state index contributed by atoms with van der Waals surface area (Å²) in [6, 6.07) is 20.7. The third-order valence-corrected chi connectivity index (χ3v) is 4.83. The molecule has 0 saturated carbocycles. The van der Waals surface area contributed by atoms with Crippen molar-refractivity contribution in [3.8, 4) is 22.8 Å². The fourth-order valence-electron chi connectivity index (χ4n) is 3.30. The van der Waals surface area contributed by atoms with Crippen LogP contribution in [0.2, 0.25) is 0 Å². The molecule has 1 heterocycles. The summed E-state index contributed by atoms with van der Waals surface area (Å²) < 4.78 is 25.0. The van der Waals surface area contributed by atoms with Crippen molar-refractivity contribution in [1.29, 1.82) is 0 Å². The molecule has 0 atom stereocenters. The lowest BCUT2D eigenvalue weighted by Gasteiger charge is -2.13. The summed E-state index contributed by atoms with van der Waals surface area (Å²) in [5.41, 5.74) is 2.93. The first-order valence-electron chi connectivity index (χ1n) is 9.87. The van der Waals surface area contributed by atoms with E-state index >= 15 is 0 Å². The lowest BCUT2D eigenvalue weighted by Crippen LogP contribution is -2.13. The summed E-state index contributed by atoms with van der Waals surface area (Å²) in [6.45, 7) is 2.39. The molecule has 0 saturated heterocycles. The third kappa shape index (κ3) is 4.33. The van der Waals surface area contributed by atoms with Gasteiger partial charge in [0.25, 0.3) is 5.91 Å². The van der Waals surface area contributed by atoms with E-state index in [2.05, 4.69) is 5.32 Å². The smallest absolute Gasteiger partial charge is 0.258 e. The van der Waals surface area contributed by atoms with E-state index in [0.29, 0.717) is 18.0 Å². The number of pyridine rings is 1. The van der Waals surface area contributed by atoms with Crippen molar-refractivity contribution >= 4 is 22.5 Å². The Kier molecular flexibility index (Phi) is 5.80. The van der Waals surface area contributed by atoms with Gasteiger partial charge in [-0.1, -0.05) is 12.1 Å². The maximum absolute atomic E-state index is 13.9. The van der Waals surface area contributed by atoms with E-state index in [4.69, 9.17) is 14.5 Å². The number of aromatic nitrogens is 1. The summed E-state index contributed by atoms with van der Waals surface area (Å²) in [7, 11) is 1.62. The van der Waals surface area contributed by atoms with E-state index in [1.54, 1.807) is 31.4 Å². The Balaban J connectivity index is 1.70. The second-order valence-corrected chi connectivity index (χ2v) is 6.83. The van der Waals surface area contributed by atoms with Crippen LogP contribution in [-0.4, -0.2) is 24.6 Å². The van der Waals surface area contributed by atoms with Gasteiger partial charge in [-0.25, -0.2) is 9.37 Å². The Morgan fingerprint density at radius 3 is 2.52 bits per heavy atom. The number of nitrogens with zero attached hydrogens (tertiary/aromatic N) is 1. The van der Waals surface area contributed by atoms with Crippen molar-refractivity contribution in [3.05, 3.63) is 84.2 Å². The van der Waals surface area contributed by atoms with E-state index in [9.17, 15) is 9.18 Å². The molecule has 0 unspecified atom stereocenters. The van der Waals surface area contributed by atoms with E-state index < -0.39 is 11.7 Å². The van der Waals surface area contributed by atoms with Gasteiger partial charge in [0.15, 0.2) is 0 Å². The zero-order valence-electron chi connectivity index (χ0n) is 17.2. The van der Waals surface area contributed by atoms with Gasteiger partial charge < -0.3 is 14.8 Å². The molecule has 1 N–H and O–H groups in total. The lowest BCUT2D eigenvalue weighted by atomic mass is 10.1. The molecule has 4 aromatic rings. The molecule has 4 rings (SSSR count). The number of halogens is 1. The molecule has 0 aliphatic heterocycles. The van der Waals surface area contributed by atoms with Crippen molar-refractivity contribution < 1.29 is 18.7 Å². The Hall–Kier alpha value is -3.93. The van der Waals surface area contributed by atoms with Gasteiger partial charge in [-0.2, -0.15) is 0 Å². The predicted molar refractivity (Wildman–Crippen MR) is 119 cm³/mol. The number of hydrogen-bond acceptors (Lipinski definition) is 4. The highest BCUT2D eigenvalue weighted by atomic mass is 19.1. The average molecular weight is 416 g/mol. The second-order valence-electron chi connectivity index (χ2n) is 6.83. The van der Waals surface area contributed by atoms with Gasteiger partial charge in [0, 0.05) is 22.7 Å². The number of hydrogen-bond donors (Lipinski definition) is 1. The molecular formula is C25H21FN2O3. The standard InChI is InChI=1S/C25H21FN2O3/c1-3-31-24-15-23(16-8-11-18(30-2)12-9-16)28-22-13-10-17(14-20(22)24)27-25(29)19-6-4-5-7-21(19)26/h4-15H,3H2,1-2H3,(H,27,29). The van der Waals surface area contributed by atoms with Gasteiger partial charge >= 0.3 is 0 Å². The Bertz CT molecular complexity index is 1240. The van der Waals surface area contributed by atoms with Gasteiger partial charge in [0.2, 0.25) is 0 Å². The molecule has 1 aromatic heterocycles. The Labute approximate surface area is 179 Å². The van der Waals surface area contributed by atoms with E-state index in [1.165, 1.54) is 12.1 Å². The maximum Gasteiger partial charge on any atom is 0.258 e. The van der Waals surface area contributed by atoms with Crippen LogP contribution in [0.1, 0.15) is 17.3 Å². The zero-order valence-corrected chi connectivity index (χ0v) is 17.2. The number of anilines is 1. The maximum atomic E-state index is 13.9. The fourth-order valence-corrected chi connectivity index (χ4v) is 3.30. The van der Waals surface area contributed by atoms with Crippen molar-refractivity contribution in [2.45, 2.75) is 6.92 Å². The number of nitrogens with one attached hydrogen (secondary N) is 1. The van der Waals surface area contributed by atoms with Crippen LogP contribution in [0.3, 0.4) is 0 Å². The number of carbonyl (C=O) groups excluding carboxylic acids is 1. The summed E-state index contributed by atoms with van der Waals surface area (Å²) in [5, 5.41) is 3.50. The topological polar surface area (TPSA) is 60.5 Å². The van der Waals surface area contributed by atoms with E-state index in [0.717, 1.165) is 27.9 Å². The molecule has 0 fully saturated rings. The molecule has 0 bridgehead atoms. The molecule has 0 spiro atoms. The van der Waals surface area contributed by atoms with Crippen molar-refractivity contribution in [2.24, 2.45) is 0 Å². The van der Waals surface area contributed by atoms with Gasteiger partial charge in [-0.05, 0) is 61.5 Å². The minimum absolute atomic E-state index is 0.0133. The van der Waals surface area contributed by atoms with Crippen molar-refractivity contribution in [3.63, 3.8) is 0 Å². The second kappa shape index (κ2) is 8.83. The Morgan fingerprint density at radius 2 is 1.81 bits per heavy atom. The van der Waals surface area contributed by atoms with Crippen LogP contribution in [0, 0.1) is 5.82 Å². The summed E-state index contributed by atoms with van der Waals surface area (Å²) in [6.07, 6.45) is 0. The van der Waals surface area contributed by atoms with Crippen molar-refractivity contribution in [2.75, 3.05) is 19.0 Å². The summed E-state index contributed by atoms with van der Waals surface area (Å²) in [4.78, 5) is 17.2. The van der Waals surface area contributed by atoms with Crippen LogP contribution in [0.15, 0.2) is 72.8 Å². The number of methoxy groups -OCH3 is 1. The highest BCUT2D eigenvalue weighted by Gasteiger charge is 2.13. The number of rotatable bonds is 6.